The summed E-state index contributed by atoms with van der Waals surface area (Å²) in [4.78, 5) is 0. The molecule has 0 N–H and O–H groups in total. The number of rotatable bonds is 7. The molecule has 4 rings (SSSR count). The average molecular weight is 512 g/mol. The van der Waals surface area contributed by atoms with E-state index in [1.807, 2.05) is 53.9 Å². The molecule has 1 nitrogen and oxygen atoms in total. The second-order valence-corrected chi connectivity index (χ2v) is 10.7. The lowest BCUT2D eigenvalue weighted by molar-refractivity contribution is 0.266. The fourth-order valence-corrected chi connectivity index (χ4v) is 6.42. The number of benzene rings is 3. The largest absolute Gasteiger partial charge is 0.487 e. The van der Waals surface area contributed by atoms with E-state index in [9.17, 15) is 0 Å². The van der Waals surface area contributed by atoms with E-state index in [1.165, 1.54) is 10.7 Å². The molecule has 1 heterocycles. The molecule has 33 heavy (non-hydrogen) atoms. The summed E-state index contributed by atoms with van der Waals surface area (Å²) >= 11 is 16.2. The minimum atomic E-state index is 0.435. The summed E-state index contributed by atoms with van der Waals surface area (Å²) < 4.78 is 7.64. The van der Waals surface area contributed by atoms with Crippen molar-refractivity contribution in [3.05, 3.63) is 128 Å². The van der Waals surface area contributed by atoms with E-state index >= 15 is 0 Å². The SMILES string of the molecule is C=CCOC(=C1SCCCS1)C(=C(c1ccc(Cl)cc1)c1ccc(Cl)cc1)c1ccccc1. The molecule has 0 atom stereocenters. The van der Waals surface area contributed by atoms with Crippen molar-refractivity contribution in [3.8, 4) is 0 Å². The van der Waals surface area contributed by atoms with Crippen molar-refractivity contribution in [2.75, 3.05) is 18.1 Å². The van der Waals surface area contributed by atoms with E-state index in [2.05, 4.69) is 55.1 Å². The first-order valence-electron chi connectivity index (χ1n) is 10.7. The van der Waals surface area contributed by atoms with Crippen LogP contribution in [0.15, 0.2) is 102 Å². The maximum atomic E-state index is 6.43. The third-order valence-electron chi connectivity index (χ3n) is 5.09. The molecule has 1 saturated heterocycles. The second kappa shape index (κ2) is 11.9. The highest BCUT2D eigenvalue weighted by atomic mass is 35.5. The molecule has 3 aromatic carbocycles. The van der Waals surface area contributed by atoms with Crippen LogP contribution in [0.3, 0.4) is 0 Å². The molecular weight excluding hydrogens is 487 g/mol. The summed E-state index contributed by atoms with van der Waals surface area (Å²) in [6, 6.07) is 26.4. The van der Waals surface area contributed by atoms with Crippen molar-refractivity contribution in [3.63, 3.8) is 0 Å². The highest BCUT2D eigenvalue weighted by molar-refractivity contribution is 8.22. The lowest BCUT2D eigenvalue weighted by atomic mass is 9.88. The molecule has 0 aromatic heterocycles. The van der Waals surface area contributed by atoms with Crippen molar-refractivity contribution in [1.29, 1.82) is 0 Å². The van der Waals surface area contributed by atoms with Crippen molar-refractivity contribution in [2.45, 2.75) is 6.42 Å². The Hall–Kier alpha value is -2.04. The molecule has 0 bridgehead atoms. The average Bonchev–Trinajstić information content (AvgIpc) is 2.86. The molecule has 0 radical (unpaired) electrons. The van der Waals surface area contributed by atoms with Gasteiger partial charge < -0.3 is 4.74 Å². The summed E-state index contributed by atoms with van der Waals surface area (Å²) in [5, 5.41) is 1.41. The van der Waals surface area contributed by atoms with Gasteiger partial charge in [-0.25, -0.2) is 0 Å². The topological polar surface area (TPSA) is 9.23 Å². The Labute approximate surface area is 214 Å². The molecule has 0 saturated carbocycles. The standard InChI is InChI=1S/C28H24Cl2OS2/c1-2-17-31-27(28-32-18-6-19-33-28)26(20-7-4-3-5-8-20)25(21-9-13-23(29)14-10-21)22-11-15-24(30)16-12-22/h2-5,7-16H,1,6,17-19H2. The Morgan fingerprint density at radius 1 is 0.788 bits per heavy atom. The third kappa shape index (κ3) is 6.10. The van der Waals surface area contributed by atoms with Crippen molar-refractivity contribution < 1.29 is 4.74 Å². The van der Waals surface area contributed by atoms with E-state index in [-0.39, 0.29) is 0 Å². The Balaban J connectivity index is 2.07. The van der Waals surface area contributed by atoms with E-state index in [4.69, 9.17) is 27.9 Å². The molecule has 1 aliphatic rings. The van der Waals surface area contributed by atoms with Gasteiger partial charge in [0.05, 0.1) is 4.24 Å². The Morgan fingerprint density at radius 2 is 1.33 bits per heavy atom. The zero-order chi connectivity index (χ0) is 23.0. The van der Waals surface area contributed by atoms with Gasteiger partial charge >= 0.3 is 0 Å². The molecule has 5 heteroatoms. The molecular formula is C28H24Cl2OS2. The Kier molecular flexibility index (Phi) is 8.69. The van der Waals surface area contributed by atoms with Crippen LogP contribution in [-0.4, -0.2) is 18.1 Å². The van der Waals surface area contributed by atoms with Crippen LogP contribution in [-0.2, 0) is 4.74 Å². The highest BCUT2D eigenvalue weighted by Gasteiger charge is 2.24. The number of hydrogen-bond acceptors (Lipinski definition) is 3. The molecule has 3 aromatic rings. The van der Waals surface area contributed by atoms with Gasteiger partial charge in [-0.2, -0.15) is 0 Å². The van der Waals surface area contributed by atoms with Gasteiger partial charge in [0, 0.05) is 21.2 Å². The lowest BCUT2D eigenvalue weighted by Gasteiger charge is -2.24. The number of hydrogen-bond donors (Lipinski definition) is 0. The van der Waals surface area contributed by atoms with Crippen molar-refractivity contribution in [1.82, 2.24) is 0 Å². The van der Waals surface area contributed by atoms with Gasteiger partial charge in [0.25, 0.3) is 0 Å². The van der Waals surface area contributed by atoms with E-state index in [1.54, 1.807) is 6.08 Å². The zero-order valence-corrected chi connectivity index (χ0v) is 21.2. The second-order valence-electron chi connectivity index (χ2n) is 7.40. The fraction of sp³-hybridized carbons (Fsp3) is 0.143. The van der Waals surface area contributed by atoms with E-state index in [0.717, 1.165) is 45.1 Å². The number of ether oxygens (including phenoxy) is 1. The van der Waals surface area contributed by atoms with Gasteiger partial charge in [0.2, 0.25) is 0 Å². The predicted molar refractivity (Wildman–Crippen MR) is 148 cm³/mol. The molecule has 0 aliphatic carbocycles. The summed E-state index contributed by atoms with van der Waals surface area (Å²) in [6.45, 7) is 4.32. The Bertz CT molecular complexity index is 1100. The molecule has 0 unspecified atom stereocenters. The first kappa shape index (κ1) is 24.1. The van der Waals surface area contributed by atoms with Gasteiger partial charge in [-0.05, 0) is 58.9 Å². The third-order valence-corrected chi connectivity index (χ3v) is 8.18. The first-order chi connectivity index (χ1) is 16.2. The lowest BCUT2D eigenvalue weighted by Crippen LogP contribution is -2.06. The van der Waals surface area contributed by atoms with Crippen LogP contribution in [0.5, 0.6) is 0 Å². The molecule has 1 aliphatic heterocycles. The van der Waals surface area contributed by atoms with Crippen LogP contribution in [0.2, 0.25) is 10.0 Å². The smallest absolute Gasteiger partial charge is 0.148 e. The normalized spacial score (nSPS) is 13.3. The predicted octanol–water partition coefficient (Wildman–Crippen LogP) is 9.19. The van der Waals surface area contributed by atoms with Crippen LogP contribution in [0, 0.1) is 0 Å². The molecule has 1 fully saturated rings. The van der Waals surface area contributed by atoms with Crippen molar-refractivity contribution in [2.24, 2.45) is 0 Å². The quantitative estimate of drug-likeness (QED) is 0.178. The molecule has 0 amide bonds. The summed E-state index contributed by atoms with van der Waals surface area (Å²) in [5.41, 5.74) is 5.35. The van der Waals surface area contributed by atoms with Crippen molar-refractivity contribution >= 4 is 57.9 Å². The summed E-state index contributed by atoms with van der Waals surface area (Å²) in [5.74, 6) is 3.07. The van der Waals surface area contributed by atoms with Crippen LogP contribution < -0.4 is 0 Å². The summed E-state index contributed by atoms with van der Waals surface area (Å²) in [7, 11) is 0. The van der Waals surface area contributed by atoms with Gasteiger partial charge in [-0.3, -0.25) is 0 Å². The van der Waals surface area contributed by atoms with E-state index in [0.29, 0.717) is 16.7 Å². The maximum Gasteiger partial charge on any atom is 0.148 e. The zero-order valence-electron chi connectivity index (χ0n) is 18.1. The van der Waals surface area contributed by atoms with Crippen LogP contribution >= 0.6 is 46.7 Å². The molecule has 0 spiro atoms. The number of allylic oxidation sites excluding steroid dienone is 1. The van der Waals surface area contributed by atoms with Gasteiger partial charge in [0.1, 0.15) is 12.4 Å². The number of halogens is 2. The minimum Gasteiger partial charge on any atom is -0.487 e. The van der Waals surface area contributed by atoms with Crippen LogP contribution in [0.1, 0.15) is 23.1 Å². The minimum absolute atomic E-state index is 0.435. The summed E-state index contributed by atoms with van der Waals surface area (Å²) in [6.07, 6.45) is 2.99. The van der Waals surface area contributed by atoms with Gasteiger partial charge in [-0.1, -0.05) is 90.5 Å². The maximum absolute atomic E-state index is 6.43. The van der Waals surface area contributed by atoms with E-state index < -0.39 is 0 Å². The fourth-order valence-electron chi connectivity index (χ4n) is 3.62. The van der Waals surface area contributed by atoms with Gasteiger partial charge in [0.15, 0.2) is 0 Å². The van der Waals surface area contributed by atoms with Crippen LogP contribution in [0.4, 0.5) is 0 Å². The number of thioether (sulfide) groups is 2. The van der Waals surface area contributed by atoms with Gasteiger partial charge in [-0.15, -0.1) is 23.5 Å². The first-order valence-corrected chi connectivity index (χ1v) is 13.5. The monoisotopic (exact) mass is 510 g/mol. The highest BCUT2D eigenvalue weighted by Crippen LogP contribution is 2.45. The Morgan fingerprint density at radius 3 is 1.85 bits per heavy atom. The van der Waals surface area contributed by atoms with Crippen LogP contribution in [0.25, 0.3) is 11.1 Å². The molecule has 168 valence electrons.